The molecule has 1 aliphatic heterocycles. The fraction of sp³-hybridized carbons (Fsp3) is 0.778. The largest absolute Gasteiger partial charge is 0.463 e. The molecule has 1 aliphatic carbocycles. The highest BCUT2D eigenvalue weighted by Gasteiger charge is 2.51. The summed E-state index contributed by atoms with van der Waals surface area (Å²) in [4.78, 5) is 2.41. The number of ether oxygens (including phenoxy) is 2. The average molecular weight is 387 g/mol. The van der Waals surface area contributed by atoms with Crippen LogP contribution in [0, 0.1) is 0 Å². The maximum atomic E-state index is 11.6. The quantitative estimate of drug-likeness (QED) is 0.712. The Morgan fingerprint density at radius 2 is 2.04 bits per heavy atom. The van der Waals surface area contributed by atoms with Crippen molar-refractivity contribution in [2.45, 2.75) is 56.5 Å². The number of nitrogens with zero attached hydrogens (tertiary/aromatic N) is 2. The number of furan rings is 1. The van der Waals surface area contributed by atoms with Crippen molar-refractivity contribution in [3.05, 3.63) is 23.7 Å². The minimum atomic E-state index is -3.22. The van der Waals surface area contributed by atoms with Gasteiger partial charge in [0.15, 0.2) is 0 Å². The van der Waals surface area contributed by atoms with Gasteiger partial charge < -0.3 is 13.9 Å². The number of methoxy groups -OCH3 is 2. The Kier molecular flexibility index (Phi) is 5.79. The fourth-order valence-corrected chi connectivity index (χ4v) is 4.65. The van der Waals surface area contributed by atoms with Crippen molar-refractivity contribution in [1.29, 1.82) is 0 Å². The predicted octanol–water partition coefficient (Wildman–Crippen LogP) is 1.83. The average Bonchev–Trinajstić information content (AvgIpc) is 3.19. The van der Waals surface area contributed by atoms with E-state index in [0.717, 1.165) is 38.0 Å². The van der Waals surface area contributed by atoms with Gasteiger partial charge in [-0.05, 0) is 37.8 Å². The lowest BCUT2D eigenvalue weighted by Crippen LogP contribution is -2.51. The molecule has 8 heteroatoms. The molecule has 0 aromatic carbocycles. The van der Waals surface area contributed by atoms with Crippen LogP contribution in [0.3, 0.4) is 0 Å². The summed E-state index contributed by atoms with van der Waals surface area (Å²) < 4.78 is 41.8. The van der Waals surface area contributed by atoms with Gasteiger partial charge in [0.1, 0.15) is 11.5 Å². The Hall–Kier alpha value is -0.930. The van der Waals surface area contributed by atoms with Crippen molar-refractivity contribution in [2.24, 2.45) is 0 Å². The summed E-state index contributed by atoms with van der Waals surface area (Å²) >= 11 is 0. The van der Waals surface area contributed by atoms with Gasteiger partial charge in [0.05, 0.1) is 31.1 Å². The monoisotopic (exact) mass is 386 g/mol. The first-order valence-electron chi connectivity index (χ1n) is 9.08. The van der Waals surface area contributed by atoms with E-state index in [2.05, 4.69) is 4.90 Å². The number of hydrogen-bond acceptors (Lipinski definition) is 6. The summed E-state index contributed by atoms with van der Waals surface area (Å²) in [6, 6.07) is 4.11. The number of rotatable bonds is 7. The zero-order valence-electron chi connectivity index (χ0n) is 16.1. The van der Waals surface area contributed by atoms with Crippen LogP contribution in [0.15, 0.2) is 16.5 Å². The lowest BCUT2D eigenvalue weighted by atomic mass is 9.79. The van der Waals surface area contributed by atoms with Crippen molar-refractivity contribution in [2.75, 3.05) is 34.1 Å². The van der Waals surface area contributed by atoms with Crippen LogP contribution in [0.5, 0.6) is 0 Å². The van der Waals surface area contributed by atoms with E-state index in [9.17, 15) is 8.42 Å². The van der Waals surface area contributed by atoms with Gasteiger partial charge in [-0.2, -0.15) is 4.31 Å². The number of likely N-dealkylation sites (tertiary alicyclic amines) is 1. The van der Waals surface area contributed by atoms with Gasteiger partial charge in [-0.25, -0.2) is 8.42 Å². The maximum absolute atomic E-state index is 11.6. The van der Waals surface area contributed by atoms with Crippen molar-refractivity contribution in [3.63, 3.8) is 0 Å². The van der Waals surface area contributed by atoms with Gasteiger partial charge in [-0.3, -0.25) is 4.90 Å². The van der Waals surface area contributed by atoms with Crippen LogP contribution in [0.1, 0.15) is 37.2 Å². The Bertz CT molecular complexity index is 719. The van der Waals surface area contributed by atoms with Gasteiger partial charge in [-0.15, -0.1) is 0 Å². The molecule has 1 saturated carbocycles. The smallest absolute Gasteiger partial charge is 0.211 e. The second-order valence-electron chi connectivity index (χ2n) is 7.52. The summed E-state index contributed by atoms with van der Waals surface area (Å²) in [5, 5.41) is 0. The zero-order valence-corrected chi connectivity index (χ0v) is 16.9. The van der Waals surface area contributed by atoms with Crippen LogP contribution in [-0.2, 0) is 32.6 Å². The lowest BCUT2D eigenvalue weighted by molar-refractivity contribution is -0.0952. The van der Waals surface area contributed by atoms with Gasteiger partial charge in [0.25, 0.3) is 0 Å². The Balaban J connectivity index is 1.67. The molecule has 148 valence electrons. The van der Waals surface area contributed by atoms with E-state index in [-0.39, 0.29) is 18.2 Å². The SMILES string of the molecule is CO[C@@H]1CC[C@@]2(OC)CCN(Cc3ccc(CN(C)S(C)(=O)=O)o3)[C@H]2C1. The first-order valence-corrected chi connectivity index (χ1v) is 10.9. The molecule has 26 heavy (non-hydrogen) atoms. The third kappa shape index (κ3) is 3.99. The molecule has 7 nitrogen and oxygen atoms in total. The standard InChI is InChI=1S/C18H30N2O5S/c1-19(26(4,21)22)12-15-5-6-16(25-15)13-20-10-9-18(24-3)8-7-14(23-2)11-17(18)20/h5-6,14,17H,7-13H2,1-4H3/t14-,17+,18-/m1/s1. The van der Waals surface area contributed by atoms with Gasteiger partial charge in [0, 0.05) is 33.9 Å². The van der Waals surface area contributed by atoms with E-state index < -0.39 is 10.0 Å². The minimum absolute atomic E-state index is 0.0824. The van der Waals surface area contributed by atoms with Crippen LogP contribution < -0.4 is 0 Å². The molecule has 1 aromatic heterocycles. The molecule has 0 amide bonds. The van der Waals surface area contributed by atoms with E-state index >= 15 is 0 Å². The zero-order chi connectivity index (χ0) is 18.9. The summed E-state index contributed by atoms with van der Waals surface area (Å²) in [7, 11) is 1.93. The van der Waals surface area contributed by atoms with E-state index in [4.69, 9.17) is 13.9 Å². The highest BCUT2D eigenvalue weighted by molar-refractivity contribution is 7.88. The van der Waals surface area contributed by atoms with Crippen molar-refractivity contribution >= 4 is 10.0 Å². The summed E-state index contributed by atoms with van der Waals surface area (Å²) in [5.41, 5.74) is -0.0824. The first kappa shape index (κ1) is 19.8. The third-order valence-corrected chi connectivity index (χ3v) is 7.27. The molecule has 0 bridgehead atoms. The number of fused-ring (bicyclic) bond motifs is 1. The summed E-state index contributed by atoms with van der Waals surface area (Å²) in [6.07, 6.45) is 5.52. The van der Waals surface area contributed by atoms with E-state index in [1.54, 1.807) is 14.2 Å². The van der Waals surface area contributed by atoms with E-state index in [1.807, 2.05) is 19.2 Å². The van der Waals surface area contributed by atoms with E-state index in [0.29, 0.717) is 18.3 Å². The molecule has 2 heterocycles. The fourth-order valence-electron chi connectivity index (χ4n) is 4.29. The first-order chi connectivity index (χ1) is 12.3. The molecule has 1 saturated heterocycles. The predicted molar refractivity (Wildman–Crippen MR) is 98.2 cm³/mol. The molecule has 3 atom stereocenters. The van der Waals surface area contributed by atoms with Gasteiger partial charge >= 0.3 is 0 Å². The molecule has 0 unspecified atom stereocenters. The van der Waals surface area contributed by atoms with E-state index in [1.165, 1.54) is 10.6 Å². The van der Waals surface area contributed by atoms with Crippen LogP contribution in [0.25, 0.3) is 0 Å². The number of hydrogen-bond donors (Lipinski definition) is 0. The molecule has 1 aromatic rings. The van der Waals surface area contributed by atoms with Crippen LogP contribution >= 0.6 is 0 Å². The molecule has 2 aliphatic rings. The molecule has 3 rings (SSSR count). The minimum Gasteiger partial charge on any atom is -0.463 e. The maximum Gasteiger partial charge on any atom is 0.211 e. The van der Waals surface area contributed by atoms with Crippen LogP contribution in [0.2, 0.25) is 0 Å². The molecule has 0 N–H and O–H groups in total. The Morgan fingerprint density at radius 1 is 1.31 bits per heavy atom. The normalized spacial score (nSPS) is 30.0. The van der Waals surface area contributed by atoms with Gasteiger partial charge in [-0.1, -0.05) is 0 Å². The molecular weight excluding hydrogens is 356 g/mol. The molecule has 2 fully saturated rings. The summed E-state index contributed by atoms with van der Waals surface area (Å²) in [5.74, 6) is 1.51. The van der Waals surface area contributed by atoms with Crippen LogP contribution in [-0.4, -0.2) is 69.4 Å². The lowest BCUT2D eigenvalue weighted by Gasteiger charge is -2.43. The topological polar surface area (TPSA) is 72.2 Å². The molecule has 0 radical (unpaired) electrons. The Labute approximate surface area is 156 Å². The molecule has 0 spiro atoms. The highest BCUT2D eigenvalue weighted by atomic mass is 32.2. The third-order valence-electron chi connectivity index (χ3n) is 6.01. The highest BCUT2D eigenvalue weighted by Crippen LogP contribution is 2.43. The van der Waals surface area contributed by atoms with Crippen molar-refractivity contribution < 1.29 is 22.3 Å². The summed E-state index contributed by atoms with van der Waals surface area (Å²) in [6.45, 7) is 1.92. The molecular formula is C18H30N2O5S. The van der Waals surface area contributed by atoms with Gasteiger partial charge in [0.2, 0.25) is 10.0 Å². The van der Waals surface area contributed by atoms with Crippen LogP contribution in [0.4, 0.5) is 0 Å². The second kappa shape index (κ2) is 7.59. The van der Waals surface area contributed by atoms with Crippen molar-refractivity contribution in [3.8, 4) is 0 Å². The Morgan fingerprint density at radius 3 is 2.69 bits per heavy atom. The number of sulfonamides is 1. The second-order valence-corrected chi connectivity index (χ2v) is 9.61. The van der Waals surface area contributed by atoms with Crippen molar-refractivity contribution in [1.82, 2.24) is 9.21 Å².